The van der Waals surface area contributed by atoms with Gasteiger partial charge in [-0.05, 0) is 60.9 Å². The van der Waals surface area contributed by atoms with Crippen LogP contribution in [0.2, 0.25) is 10.0 Å². The molecule has 7 heteroatoms. The first-order chi connectivity index (χ1) is 11.4. The van der Waals surface area contributed by atoms with Gasteiger partial charge in [-0.1, -0.05) is 23.2 Å². The van der Waals surface area contributed by atoms with Gasteiger partial charge in [0.15, 0.2) is 0 Å². The second kappa shape index (κ2) is 7.31. The third-order valence-corrected chi connectivity index (χ3v) is 6.11. The fraction of sp³-hybridized carbons (Fsp3) is 0.294. The van der Waals surface area contributed by atoms with Crippen LogP contribution in [0.3, 0.4) is 0 Å². The van der Waals surface area contributed by atoms with Crippen LogP contribution in [0.25, 0.3) is 0 Å². The summed E-state index contributed by atoms with van der Waals surface area (Å²) >= 11 is 11.7. The Hall–Kier alpha value is -1.27. The molecule has 0 saturated carbocycles. The summed E-state index contributed by atoms with van der Waals surface area (Å²) in [7, 11) is -3.50. The van der Waals surface area contributed by atoms with E-state index in [1.807, 2.05) is 24.3 Å². The number of halogens is 2. The molecule has 2 aromatic carbocycles. The molecule has 0 radical (unpaired) electrons. The van der Waals surface area contributed by atoms with E-state index in [1.165, 1.54) is 12.1 Å². The monoisotopic (exact) mass is 384 g/mol. The lowest BCUT2D eigenvalue weighted by Crippen LogP contribution is -2.31. The van der Waals surface area contributed by atoms with Crippen molar-refractivity contribution in [2.24, 2.45) is 5.92 Å². The quantitative estimate of drug-likeness (QED) is 0.852. The van der Waals surface area contributed by atoms with Crippen LogP contribution in [0.4, 0.5) is 5.69 Å². The Morgan fingerprint density at radius 3 is 2.21 bits per heavy atom. The molecule has 0 bridgehead atoms. The molecule has 128 valence electrons. The van der Waals surface area contributed by atoms with Crippen LogP contribution in [0.5, 0.6) is 0 Å². The van der Waals surface area contributed by atoms with Crippen molar-refractivity contribution in [1.29, 1.82) is 0 Å². The van der Waals surface area contributed by atoms with Crippen molar-refractivity contribution < 1.29 is 8.42 Å². The van der Waals surface area contributed by atoms with Crippen molar-refractivity contribution in [3.63, 3.8) is 0 Å². The maximum absolute atomic E-state index is 12.3. The van der Waals surface area contributed by atoms with E-state index in [0.717, 1.165) is 25.2 Å². The summed E-state index contributed by atoms with van der Waals surface area (Å²) < 4.78 is 27.3. The van der Waals surface area contributed by atoms with Gasteiger partial charge in [-0.2, -0.15) is 0 Å². The molecule has 4 nitrogen and oxygen atoms in total. The summed E-state index contributed by atoms with van der Waals surface area (Å²) in [4.78, 5) is 2.48. The highest BCUT2D eigenvalue weighted by atomic mass is 35.5. The average Bonchev–Trinajstić information content (AvgIpc) is 3.03. The fourth-order valence-corrected chi connectivity index (χ4v) is 4.18. The molecule has 1 heterocycles. The van der Waals surface area contributed by atoms with Gasteiger partial charge in [-0.15, -0.1) is 0 Å². The number of rotatable bonds is 5. The van der Waals surface area contributed by atoms with Crippen molar-refractivity contribution in [3.8, 4) is 0 Å². The van der Waals surface area contributed by atoms with Crippen LogP contribution in [-0.2, 0) is 10.0 Å². The van der Waals surface area contributed by atoms with Crippen LogP contribution in [0.15, 0.2) is 53.4 Å². The Morgan fingerprint density at radius 1 is 1.00 bits per heavy atom. The van der Waals surface area contributed by atoms with Crippen molar-refractivity contribution >= 4 is 38.9 Å². The van der Waals surface area contributed by atoms with Crippen molar-refractivity contribution in [2.75, 3.05) is 24.5 Å². The molecule has 1 saturated heterocycles. The van der Waals surface area contributed by atoms with E-state index in [9.17, 15) is 8.42 Å². The molecule has 0 spiro atoms. The van der Waals surface area contributed by atoms with Crippen LogP contribution < -0.4 is 9.62 Å². The fourth-order valence-electron chi connectivity index (χ4n) is 2.81. The number of nitrogens with one attached hydrogen (secondary N) is 1. The first kappa shape index (κ1) is 17.5. The maximum Gasteiger partial charge on any atom is 0.240 e. The predicted molar refractivity (Wildman–Crippen MR) is 98.4 cm³/mol. The lowest BCUT2D eigenvalue weighted by atomic mass is 10.1. The molecule has 0 aliphatic carbocycles. The first-order valence-corrected chi connectivity index (χ1v) is 9.94. The Morgan fingerprint density at radius 2 is 1.58 bits per heavy atom. The van der Waals surface area contributed by atoms with E-state index in [1.54, 1.807) is 12.1 Å². The maximum atomic E-state index is 12.3. The van der Waals surface area contributed by atoms with Gasteiger partial charge < -0.3 is 4.90 Å². The number of benzene rings is 2. The molecule has 1 atom stereocenters. The Labute approximate surface area is 152 Å². The third kappa shape index (κ3) is 4.22. The van der Waals surface area contributed by atoms with Gasteiger partial charge in [0.05, 0.1) is 4.90 Å². The summed E-state index contributed by atoms with van der Waals surface area (Å²) in [6, 6.07) is 13.9. The Bertz CT molecular complexity index is 792. The lowest BCUT2D eigenvalue weighted by Gasteiger charge is -2.19. The number of nitrogens with zero attached hydrogens (tertiary/aromatic N) is 1. The molecule has 1 fully saturated rings. The van der Waals surface area contributed by atoms with Gasteiger partial charge in [-0.3, -0.25) is 0 Å². The van der Waals surface area contributed by atoms with E-state index < -0.39 is 10.0 Å². The van der Waals surface area contributed by atoms with E-state index in [-0.39, 0.29) is 10.8 Å². The molecule has 1 N–H and O–H groups in total. The molecule has 3 rings (SSSR count). The van der Waals surface area contributed by atoms with E-state index in [2.05, 4.69) is 9.62 Å². The van der Waals surface area contributed by atoms with Gasteiger partial charge in [0.2, 0.25) is 10.0 Å². The molecule has 1 unspecified atom stereocenters. The molecule has 1 aliphatic heterocycles. The van der Waals surface area contributed by atoms with Crippen LogP contribution in [-0.4, -0.2) is 28.1 Å². The zero-order chi connectivity index (χ0) is 17.2. The number of sulfonamides is 1. The predicted octanol–water partition coefficient (Wildman–Crippen LogP) is 3.80. The summed E-state index contributed by atoms with van der Waals surface area (Å²) in [5, 5.41) is 1.23. The molecular weight excluding hydrogens is 367 g/mol. The number of anilines is 1. The molecule has 0 aromatic heterocycles. The second-order valence-electron chi connectivity index (χ2n) is 5.88. The van der Waals surface area contributed by atoms with Gasteiger partial charge in [0.25, 0.3) is 0 Å². The highest BCUT2D eigenvalue weighted by molar-refractivity contribution is 7.89. The first-order valence-electron chi connectivity index (χ1n) is 7.70. The highest BCUT2D eigenvalue weighted by Gasteiger charge is 2.24. The van der Waals surface area contributed by atoms with Gasteiger partial charge in [0.1, 0.15) is 0 Å². The average molecular weight is 385 g/mol. The summed E-state index contributed by atoms with van der Waals surface area (Å²) in [5.41, 5.74) is 1.11. The zero-order valence-electron chi connectivity index (χ0n) is 13.0. The third-order valence-electron chi connectivity index (χ3n) is 4.16. The van der Waals surface area contributed by atoms with Crippen molar-refractivity contribution in [2.45, 2.75) is 11.3 Å². The molecule has 0 amide bonds. The van der Waals surface area contributed by atoms with Gasteiger partial charge >= 0.3 is 0 Å². The molecule has 2 aromatic rings. The minimum Gasteiger partial charge on any atom is -0.371 e. The zero-order valence-corrected chi connectivity index (χ0v) is 15.3. The second-order valence-corrected chi connectivity index (χ2v) is 8.52. The van der Waals surface area contributed by atoms with Crippen LogP contribution in [0.1, 0.15) is 6.42 Å². The van der Waals surface area contributed by atoms with E-state index in [0.29, 0.717) is 16.6 Å². The summed E-state index contributed by atoms with van der Waals surface area (Å²) in [6.45, 7) is 2.16. The van der Waals surface area contributed by atoms with E-state index in [4.69, 9.17) is 23.2 Å². The SMILES string of the molecule is O=S(=O)(NCC1CCN(c2ccc(Cl)cc2)C1)c1ccc(Cl)cc1. The topological polar surface area (TPSA) is 49.4 Å². The van der Waals surface area contributed by atoms with Gasteiger partial charge in [0, 0.05) is 35.4 Å². The van der Waals surface area contributed by atoms with Crippen molar-refractivity contribution in [1.82, 2.24) is 4.72 Å². The molecule has 1 aliphatic rings. The minimum absolute atomic E-state index is 0.236. The molecular formula is C17H18Cl2N2O2S. The van der Waals surface area contributed by atoms with Crippen LogP contribution in [0, 0.1) is 5.92 Å². The smallest absolute Gasteiger partial charge is 0.240 e. The number of hydrogen-bond donors (Lipinski definition) is 1. The van der Waals surface area contributed by atoms with Gasteiger partial charge in [-0.25, -0.2) is 13.1 Å². The Kier molecular flexibility index (Phi) is 5.35. The Balaban J connectivity index is 1.57. The normalized spacial score (nSPS) is 18.1. The largest absolute Gasteiger partial charge is 0.371 e. The highest BCUT2D eigenvalue weighted by Crippen LogP contribution is 2.25. The van der Waals surface area contributed by atoms with Crippen LogP contribution >= 0.6 is 23.2 Å². The standard InChI is InChI=1S/C17H18Cl2N2O2S/c18-14-1-5-16(6-2-14)21-10-9-13(12-21)11-20-24(22,23)17-7-3-15(19)4-8-17/h1-8,13,20H,9-12H2. The summed E-state index contributed by atoms with van der Waals surface area (Å²) in [6.07, 6.45) is 0.950. The summed E-state index contributed by atoms with van der Waals surface area (Å²) in [5.74, 6) is 0.280. The molecule has 24 heavy (non-hydrogen) atoms. The van der Waals surface area contributed by atoms with E-state index >= 15 is 0 Å². The number of hydrogen-bond acceptors (Lipinski definition) is 3. The lowest BCUT2D eigenvalue weighted by molar-refractivity contribution is 0.541. The van der Waals surface area contributed by atoms with Crippen molar-refractivity contribution in [3.05, 3.63) is 58.6 Å². The minimum atomic E-state index is -3.50.